The second kappa shape index (κ2) is 11.3. The van der Waals surface area contributed by atoms with Crippen LogP contribution in [0, 0.1) is 0 Å². The summed E-state index contributed by atoms with van der Waals surface area (Å²) >= 11 is 1.39. The van der Waals surface area contributed by atoms with Gasteiger partial charge in [-0.15, -0.1) is 11.3 Å². The van der Waals surface area contributed by atoms with Gasteiger partial charge in [-0.3, -0.25) is 9.79 Å². The van der Waals surface area contributed by atoms with Gasteiger partial charge in [-0.1, -0.05) is 12.1 Å². The number of rotatable bonds is 7. The van der Waals surface area contributed by atoms with E-state index in [2.05, 4.69) is 49.6 Å². The molecule has 0 aliphatic carbocycles. The zero-order valence-electron chi connectivity index (χ0n) is 20.9. The van der Waals surface area contributed by atoms with E-state index < -0.39 is 0 Å². The number of thiophene rings is 1. The first-order chi connectivity index (χ1) is 18.1. The lowest BCUT2D eigenvalue weighted by atomic mass is 10.2. The van der Waals surface area contributed by atoms with Crippen molar-refractivity contribution in [2.75, 3.05) is 48.8 Å². The SMILES string of the molecule is CC=Nc1cccc(NC(=O)c2ccc(-c3ccnc(Nc4cccc(N5CCN(C)CC5)c4)n3)s2)c1. The van der Waals surface area contributed by atoms with Gasteiger partial charge >= 0.3 is 0 Å². The molecule has 9 heteroatoms. The van der Waals surface area contributed by atoms with Crippen molar-refractivity contribution < 1.29 is 4.79 Å². The van der Waals surface area contributed by atoms with E-state index in [4.69, 9.17) is 4.98 Å². The van der Waals surface area contributed by atoms with Crippen LogP contribution in [0.1, 0.15) is 16.6 Å². The molecule has 1 aliphatic heterocycles. The Morgan fingerprint density at radius 2 is 1.81 bits per heavy atom. The van der Waals surface area contributed by atoms with Crippen molar-refractivity contribution in [1.29, 1.82) is 0 Å². The Morgan fingerprint density at radius 3 is 2.65 bits per heavy atom. The number of nitrogens with zero attached hydrogens (tertiary/aromatic N) is 5. The number of aliphatic imine (C=N–C) groups is 1. The largest absolute Gasteiger partial charge is 0.369 e. The van der Waals surface area contributed by atoms with Gasteiger partial charge in [-0.25, -0.2) is 9.97 Å². The number of likely N-dealkylation sites (N-methyl/N-ethyl adjacent to an activating group) is 1. The second-order valence-corrected chi connectivity index (χ2v) is 9.87. The van der Waals surface area contributed by atoms with Crippen LogP contribution in [0.2, 0.25) is 0 Å². The van der Waals surface area contributed by atoms with Crippen LogP contribution in [-0.4, -0.2) is 60.2 Å². The normalized spacial score (nSPS) is 14.2. The lowest BCUT2D eigenvalue weighted by molar-refractivity contribution is 0.103. The van der Waals surface area contributed by atoms with Crippen molar-refractivity contribution in [3.05, 3.63) is 77.8 Å². The van der Waals surface area contributed by atoms with Gasteiger partial charge in [0.2, 0.25) is 5.95 Å². The molecule has 1 saturated heterocycles. The summed E-state index contributed by atoms with van der Waals surface area (Å²) < 4.78 is 0. The number of benzene rings is 2. The Labute approximate surface area is 220 Å². The zero-order valence-corrected chi connectivity index (χ0v) is 21.7. The average Bonchev–Trinajstić information content (AvgIpc) is 3.41. The van der Waals surface area contributed by atoms with E-state index in [1.165, 1.54) is 17.0 Å². The predicted octanol–water partition coefficient (Wildman–Crippen LogP) is 5.68. The summed E-state index contributed by atoms with van der Waals surface area (Å²) in [5.41, 5.74) is 4.39. The van der Waals surface area contributed by atoms with Crippen molar-refractivity contribution in [2.45, 2.75) is 6.92 Å². The molecule has 5 rings (SSSR count). The summed E-state index contributed by atoms with van der Waals surface area (Å²) in [6.07, 6.45) is 3.45. The maximum absolute atomic E-state index is 12.8. The molecular formula is C28H29N7OS. The van der Waals surface area contributed by atoms with Crippen molar-refractivity contribution in [1.82, 2.24) is 14.9 Å². The van der Waals surface area contributed by atoms with Gasteiger partial charge in [0.25, 0.3) is 5.91 Å². The third kappa shape index (κ3) is 6.19. The standard InChI is InChI=1S/C28H29N7OS/c1-3-29-20-6-4-7-21(18-20)31-27(36)26-11-10-25(37-26)24-12-13-30-28(33-24)32-22-8-5-9-23(19-22)35-16-14-34(2)15-17-35/h3-13,18-19H,14-17H2,1-2H3,(H,31,36)(H,30,32,33). The Morgan fingerprint density at radius 1 is 1.00 bits per heavy atom. The first-order valence-electron chi connectivity index (χ1n) is 12.2. The van der Waals surface area contributed by atoms with Crippen molar-refractivity contribution in [2.24, 2.45) is 4.99 Å². The van der Waals surface area contributed by atoms with Crippen LogP contribution in [0.3, 0.4) is 0 Å². The van der Waals surface area contributed by atoms with E-state index in [1.807, 2.05) is 61.5 Å². The van der Waals surface area contributed by atoms with E-state index in [0.29, 0.717) is 16.5 Å². The van der Waals surface area contributed by atoms with E-state index in [9.17, 15) is 4.79 Å². The molecule has 0 bridgehead atoms. The van der Waals surface area contributed by atoms with Crippen molar-refractivity contribution in [3.63, 3.8) is 0 Å². The van der Waals surface area contributed by atoms with Crippen LogP contribution >= 0.6 is 11.3 Å². The number of hydrogen-bond acceptors (Lipinski definition) is 8. The van der Waals surface area contributed by atoms with Crippen molar-refractivity contribution >= 4 is 52.2 Å². The molecule has 1 fully saturated rings. The lowest BCUT2D eigenvalue weighted by Crippen LogP contribution is -2.44. The number of anilines is 4. The van der Waals surface area contributed by atoms with E-state index in [-0.39, 0.29) is 5.91 Å². The van der Waals surface area contributed by atoms with Crippen LogP contribution in [0.25, 0.3) is 10.6 Å². The number of hydrogen-bond donors (Lipinski definition) is 2. The fraction of sp³-hybridized carbons (Fsp3) is 0.214. The number of aromatic nitrogens is 2. The highest BCUT2D eigenvalue weighted by atomic mass is 32.1. The molecule has 1 aliphatic rings. The molecule has 0 atom stereocenters. The molecule has 2 N–H and O–H groups in total. The molecule has 188 valence electrons. The van der Waals surface area contributed by atoms with Gasteiger partial charge in [0.05, 0.1) is 21.1 Å². The Bertz CT molecular complexity index is 1410. The Kier molecular flexibility index (Phi) is 7.53. The molecular weight excluding hydrogens is 482 g/mol. The third-order valence-electron chi connectivity index (χ3n) is 6.09. The molecule has 37 heavy (non-hydrogen) atoms. The molecule has 0 spiro atoms. The fourth-order valence-corrected chi connectivity index (χ4v) is 5.00. The summed E-state index contributed by atoms with van der Waals surface area (Å²) in [6, 6.07) is 21.4. The first-order valence-corrected chi connectivity index (χ1v) is 13.0. The molecule has 3 heterocycles. The topological polar surface area (TPSA) is 85.7 Å². The summed E-state index contributed by atoms with van der Waals surface area (Å²) in [5, 5.41) is 6.28. The molecule has 2 aromatic carbocycles. The summed E-state index contributed by atoms with van der Waals surface area (Å²) in [7, 11) is 2.16. The monoisotopic (exact) mass is 511 g/mol. The average molecular weight is 512 g/mol. The lowest BCUT2D eigenvalue weighted by Gasteiger charge is -2.34. The Hall–Kier alpha value is -4.08. The number of carbonyl (C=O) groups excluding carboxylic acids is 1. The maximum Gasteiger partial charge on any atom is 0.265 e. The molecule has 1 amide bonds. The van der Waals surface area contributed by atoms with Crippen LogP contribution < -0.4 is 15.5 Å². The maximum atomic E-state index is 12.8. The molecule has 2 aromatic heterocycles. The van der Waals surface area contributed by atoms with E-state index in [0.717, 1.165) is 48.1 Å². The first kappa shape index (κ1) is 24.6. The highest BCUT2D eigenvalue weighted by Gasteiger charge is 2.15. The number of nitrogens with one attached hydrogen (secondary N) is 2. The molecule has 0 unspecified atom stereocenters. The van der Waals surface area contributed by atoms with Gasteiger partial charge in [0.1, 0.15) is 0 Å². The quantitative estimate of drug-likeness (QED) is 0.311. The minimum absolute atomic E-state index is 0.165. The van der Waals surface area contributed by atoms with Crippen LogP contribution in [0.4, 0.5) is 28.7 Å². The highest BCUT2D eigenvalue weighted by molar-refractivity contribution is 7.17. The minimum atomic E-state index is -0.165. The summed E-state index contributed by atoms with van der Waals surface area (Å²) in [4.78, 5) is 32.4. The minimum Gasteiger partial charge on any atom is -0.369 e. The number of amides is 1. The van der Waals surface area contributed by atoms with Gasteiger partial charge in [-0.2, -0.15) is 0 Å². The molecule has 0 saturated carbocycles. The highest BCUT2D eigenvalue weighted by Crippen LogP contribution is 2.29. The van der Waals surface area contributed by atoms with Gasteiger partial charge in [0.15, 0.2) is 0 Å². The van der Waals surface area contributed by atoms with Gasteiger partial charge < -0.3 is 20.4 Å². The predicted molar refractivity (Wildman–Crippen MR) is 153 cm³/mol. The summed E-state index contributed by atoms with van der Waals surface area (Å²) in [5.74, 6) is 0.350. The zero-order chi connectivity index (χ0) is 25.6. The molecule has 8 nitrogen and oxygen atoms in total. The number of piperazine rings is 1. The fourth-order valence-electron chi connectivity index (χ4n) is 4.13. The van der Waals surface area contributed by atoms with Gasteiger partial charge in [-0.05, 0) is 68.6 Å². The van der Waals surface area contributed by atoms with Crippen LogP contribution in [-0.2, 0) is 0 Å². The van der Waals surface area contributed by atoms with E-state index in [1.54, 1.807) is 12.4 Å². The second-order valence-electron chi connectivity index (χ2n) is 8.79. The molecule has 4 aromatic rings. The van der Waals surface area contributed by atoms with Gasteiger partial charge in [0, 0.05) is 55.7 Å². The summed E-state index contributed by atoms with van der Waals surface area (Å²) in [6.45, 7) is 6.00. The third-order valence-corrected chi connectivity index (χ3v) is 7.20. The number of carbonyl (C=O) groups is 1. The van der Waals surface area contributed by atoms with Crippen LogP contribution in [0.5, 0.6) is 0 Å². The molecule has 0 radical (unpaired) electrons. The van der Waals surface area contributed by atoms with Crippen LogP contribution in [0.15, 0.2) is 77.9 Å². The van der Waals surface area contributed by atoms with E-state index >= 15 is 0 Å². The smallest absolute Gasteiger partial charge is 0.265 e. The van der Waals surface area contributed by atoms with Crippen molar-refractivity contribution in [3.8, 4) is 10.6 Å². The Balaban J connectivity index is 1.27.